The fourth-order valence-corrected chi connectivity index (χ4v) is 2.00. The molecule has 0 spiro atoms. The Morgan fingerprint density at radius 2 is 2.06 bits per heavy atom. The standard InChI is InChI=1S/C13H15NO3S/c1-9-7-10(2)13(14(16)17)8-12(9)5-4-6-18-11(3)15/h4-5,7-8H,6H2,1-3H3. The largest absolute Gasteiger partial charge is 0.288 e. The molecular formula is C13H15NO3S. The molecule has 0 amide bonds. The number of rotatable bonds is 4. The normalized spacial score (nSPS) is 10.8. The number of hydrogen-bond donors (Lipinski definition) is 0. The molecule has 0 aliphatic carbocycles. The zero-order chi connectivity index (χ0) is 13.7. The Labute approximate surface area is 110 Å². The molecular weight excluding hydrogens is 250 g/mol. The molecule has 0 radical (unpaired) electrons. The Morgan fingerprint density at radius 1 is 1.39 bits per heavy atom. The summed E-state index contributed by atoms with van der Waals surface area (Å²) in [4.78, 5) is 21.2. The minimum absolute atomic E-state index is 0.0614. The number of nitro groups is 1. The monoisotopic (exact) mass is 265 g/mol. The second-order valence-electron chi connectivity index (χ2n) is 3.96. The second-order valence-corrected chi connectivity index (χ2v) is 5.15. The van der Waals surface area contributed by atoms with E-state index in [0.717, 1.165) is 11.1 Å². The van der Waals surface area contributed by atoms with Gasteiger partial charge in [-0.05, 0) is 31.0 Å². The van der Waals surface area contributed by atoms with E-state index in [1.807, 2.05) is 19.1 Å². The summed E-state index contributed by atoms with van der Waals surface area (Å²) in [5.41, 5.74) is 2.59. The zero-order valence-electron chi connectivity index (χ0n) is 10.6. The molecule has 0 heterocycles. The molecule has 1 aromatic carbocycles. The lowest BCUT2D eigenvalue weighted by Gasteiger charge is -2.03. The maximum Gasteiger partial charge on any atom is 0.272 e. The molecule has 0 fully saturated rings. The van der Waals surface area contributed by atoms with E-state index in [2.05, 4.69) is 0 Å². The molecule has 0 saturated carbocycles. The van der Waals surface area contributed by atoms with Gasteiger partial charge in [0.1, 0.15) is 0 Å². The van der Waals surface area contributed by atoms with Gasteiger partial charge in [-0.3, -0.25) is 14.9 Å². The van der Waals surface area contributed by atoms with Crippen LogP contribution in [0.15, 0.2) is 18.2 Å². The predicted molar refractivity (Wildman–Crippen MR) is 74.7 cm³/mol. The van der Waals surface area contributed by atoms with Gasteiger partial charge in [-0.2, -0.15) is 0 Å². The predicted octanol–water partition coefficient (Wildman–Crippen LogP) is 3.50. The van der Waals surface area contributed by atoms with Crippen molar-refractivity contribution in [3.63, 3.8) is 0 Å². The first-order valence-corrected chi connectivity index (χ1v) is 6.46. The Bertz CT molecular complexity index is 509. The first-order valence-electron chi connectivity index (χ1n) is 5.47. The lowest BCUT2D eigenvalue weighted by Crippen LogP contribution is -1.94. The number of aryl methyl sites for hydroxylation is 2. The van der Waals surface area contributed by atoms with Crippen molar-refractivity contribution in [3.8, 4) is 0 Å². The highest BCUT2D eigenvalue weighted by Crippen LogP contribution is 2.23. The van der Waals surface area contributed by atoms with Gasteiger partial charge in [-0.15, -0.1) is 0 Å². The maximum absolute atomic E-state index is 10.8. The first-order chi connectivity index (χ1) is 8.41. The lowest BCUT2D eigenvalue weighted by atomic mass is 10.0. The molecule has 1 aromatic rings. The van der Waals surface area contributed by atoms with Gasteiger partial charge in [0.25, 0.3) is 5.69 Å². The van der Waals surface area contributed by atoms with Crippen LogP contribution in [-0.2, 0) is 4.79 Å². The van der Waals surface area contributed by atoms with Crippen LogP contribution in [-0.4, -0.2) is 15.8 Å². The van der Waals surface area contributed by atoms with Crippen LogP contribution in [0.2, 0.25) is 0 Å². The summed E-state index contributed by atoms with van der Waals surface area (Å²) in [5.74, 6) is 0.580. The van der Waals surface area contributed by atoms with Gasteiger partial charge in [0, 0.05) is 24.3 Å². The Hall–Kier alpha value is -1.62. The third kappa shape index (κ3) is 4.00. The van der Waals surface area contributed by atoms with Crippen LogP contribution in [0.1, 0.15) is 23.6 Å². The second kappa shape index (κ2) is 6.35. The van der Waals surface area contributed by atoms with Crippen LogP contribution in [0.25, 0.3) is 6.08 Å². The van der Waals surface area contributed by atoms with E-state index in [1.54, 1.807) is 19.1 Å². The summed E-state index contributed by atoms with van der Waals surface area (Å²) in [6.07, 6.45) is 3.66. The minimum atomic E-state index is -0.379. The lowest BCUT2D eigenvalue weighted by molar-refractivity contribution is -0.385. The topological polar surface area (TPSA) is 60.2 Å². The molecule has 0 N–H and O–H groups in total. The fourth-order valence-electron chi connectivity index (χ4n) is 1.57. The molecule has 0 aromatic heterocycles. The Kier molecular flexibility index (Phi) is 5.09. The van der Waals surface area contributed by atoms with Gasteiger partial charge in [0.15, 0.2) is 5.12 Å². The fraction of sp³-hybridized carbons (Fsp3) is 0.308. The molecule has 18 heavy (non-hydrogen) atoms. The summed E-state index contributed by atoms with van der Waals surface area (Å²) in [7, 11) is 0. The van der Waals surface area contributed by atoms with Crippen molar-refractivity contribution in [2.75, 3.05) is 5.75 Å². The number of nitro benzene ring substituents is 1. The van der Waals surface area contributed by atoms with Gasteiger partial charge >= 0.3 is 0 Å². The molecule has 0 atom stereocenters. The molecule has 5 heteroatoms. The van der Waals surface area contributed by atoms with Crippen molar-refractivity contribution in [1.29, 1.82) is 0 Å². The van der Waals surface area contributed by atoms with E-state index in [9.17, 15) is 14.9 Å². The van der Waals surface area contributed by atoms with Crippen molar-refractivity contribution in [3.05, 3.63) is 45.0 Å². The summed E-state index contributed by atoms with van der Waals surface area (Å²) in [6, 6.07) is 3.37. The number of carbonyl (C=O) groups excluding carboxylic acids is 1. The van der Waals surface area contributed by atoms with Crippen LogP contribution >= 0.6 is 11.8 Å². The number of benzene rings is 1. The van der Waals surface area contributed by atoms with E-state index in [0.29, 0.717) is 11.3 Å². The van der Waals surface area contributed by atoms with Crippen molar-refractivity contribution in [2.45, 2.75) is 20.8 Å². The van der Waals surface area contributed by atoms with Gasteiger partial charge in [0.05, 0.1) is 4.92 Å². The molecule has 0 saturated heterocycles. The van der Waals surface area contributed by atoms with E-state index >= 15 is 0 Å². The number of nitrogens with zero attached hydrogens (tertiary/aromatic N) is 1. The quantitative estimate of drug-likeness (QED) is 0.617. The molecule has 0 unspecified atom stereocenters. The summed E-state index contributed by atoms with van der Waals surface area (Å²) in [6.45, 7) is 5.15. The highest BCUT2D eigenvalue weighted by molar-refractivity contribution is 8.13. The molecule has 4 nitrogen and oxygen atoms in total. The summed E-state index contributed by atoms with van der Waals surface area (Å²) in [5, 5.41) is 10.9. The smallest absolute Gasteiger partial charge is 0.272 e. The average molecular weight is 265 g/mol. The van der Waals surface area contributed by atoms with Crippen molar-refractivity contribution < 1.29 is 9.72 Å². The van der Waals surface area contributed by atoms with E-state index in [1.165, 1.54) is 18.7 Å². The van der Waals surface area contributed by atoms with Crippen LogP contribution < -0.4 is 0 Å². The summed E-state index contributed by atoms with van der Waals surface area (Å²) < 4.78 is 0. The zero-order valence-corrected chi connectivity index (χ0v) is 11.4. The van der Waals surface area contributed by atoms with Gasteiger partial charge < -0.3 is 0 Å². The van der Waals surface area contributed by atoms with Gasteiger partial charge in [-0.25, -0.2) is 0 Å². The molecule has 0 aliphatic rings. The number of hydrogen-bond acceptors (Lipinski definition) is 4. The number of carbonyl (C=O) groups is 1. The highest BCUT2D eigenvalue weighted by Gasteiger charge is 2.11. The maximum atomic E-state index is 10.8. The van der Waals surface area contributed by atoms with E-state index in [4.69, 9.17) is 0 Å². The van der Waals surface area contributed by atoms with E-state index < -0.39 is 0 Å². The van der Waals surface area contributed by atoms with Crippen LogP contribution in [0, 0.1) is 24.0 Å². The van der Waals surface area contributed by atoms with Gasteiger partial charge in [-0.1, -0.05) is 23.9 Å². The van der Waals surface area contributed by atoms with Crippen molar-refractivity contribution >= 4 is 28.6 Å². The molecule has 0 bridgehead atoms. The van der Waals surface area contributed by atoms with Crippen molar-refractivity contribution in [2.24, 2.45) is 0 Å². The molecule has 1 rings (SSSR count). The summed E-state index contributed by atoms with van der Waals surface area (Å²) >= 11 is 1.21. The van der Waals surface area contributed by atoms with Crippen LogP contribution in [0.3, 0.4) is 0 Å². The number of thioether (sulfide) groups is 1. The van der Waals surface area contributed by atoms with Crippen LogP contribution in [0.5, 0.6) is 0 Å². The highest BCUT2D eigenvalue weighted by atomic mass is 32.2. The van der Waals surface area contributed by atoms with Gasteiger partial charge in [0.2, 0.25) is 0 Å². The molecule has 0 aliphatic heterocycles. The Morgan fingerprint density at radius 3 is 2.61 bits per heavy atom. The van der Waals surface area contributed by atoms with Crippen LogP contribution in [0.4, 0.5) is 5.69 Å². The van der Waals surface area contributed by atoms with Crippen molar-refractivity contribution in [1.82, 2.24) is 0 Å². The third-order valence-corrected chi connectivity index (χ3v) is 3.23. The minimum Gasteiger partial charge on any atom is -0.288 e. The van der Waals surface area contributed by atoms with E-state index in [-0.39, 0.29) is 15.7 Å². The Balaban J connectivity index is 2.92. The average Bonchev–Trinajstić information content (AvgIpc) is 2.25. The SMILES string of the molecule is CC(=O)SCC=Cc1cc([N+](=O)[O-])c(C)cc1C. The first kappa shape index (κ1) is 14.4. The third-order valence-electron chi connectivity index (χ3n) is 2.46. The molecule has 96 valence electrons.